The second-order valence-electron chi connectivity index (χ2n) is 13.9. The fraction of sp³-hybridized carbons (Fsp3) is 0.457. The smallest absolute Gasteiger partial charge is 0.319 e. The largest absolute Gasteiger partial charge is 0.508 e. The van der Waals surface area contributed by atoms with Gasteiger partial charge in [-0.2, -0.15) is 9.97 Å². The zero-order valence-electron chi connectivity index (χ0n) is 25.4. The highest BCUT2D eigenvalue weighted by Gasteiger charge is 2.49. The Hall–Kier alpha value is -3.96. The second kappa shape index (κ2) is 10.3. The summed E-state index contributed by atoms with van der Waals surface area (Å²) in [4.78, 5) is 18.4. The molecule has 11 heteroatoms. The van der Waals surface area contributed by atoms with Gasteiger partial charge in [0.2, 0.25) is 0 Å². The van der Waals surface area contributed by atoms with E-state index in [1.807, 2.05) is 0 Å². The van der Waals surface area contributed by atoms with Crippen LogP contribution in [0, 0.1) is 17.0 Å². The van der Waals surface area contributed by atoms with E-state index in [4.69, 9.17) is 14.5 Å². The molecule has 1 aliphatic carbocycles. The molecule has 0 radical (unpaired) electrons. The number of fused-ring (bicyclic) bond motifs is 1. The van der Waals surface area contributed by atoms with Crippen LogP contribution in [0.25, 0.3) is 32.9 Å². The van der Waals surface area contributed by atoms with Crippen LogP contribution in [-0.2, 0) is 11.3 Å². The topological polar surface area (TPSA) is 83.8 Å². The minimum absolute atomic E-state index is 0.0184. The van der Waals surface area contributed by atoms with Crippen molar-refractivity contribution in [3.05, 3.63) is 59.3 Å². The zero-order valence-corrected chi connectivity index (χ0v) is 25.4. The summed E-state index contributed by atoms with van der Waals surface area (Å²) in [5, 5.41) is 12.1. The number of aromatic hydroxyl groups is 1. The molecule has 11 rings (SSSR count). The third-order valence-corrected chi connectivity index (χ3v) is 10.8. The Morgan fingerprint density at radius 2 is 1.96 bits per heavy atom. The molecular formula is C35H34F3N5O3. The van der Waals surface area contributed by atoms with Crippen LogP contribution in [0.4, 0.5) is 19.0 Å². The number of rotatable bonds is 3. The minimum Gasteiger partial charge on any atom is -0.508 e. The maximum Gasteiger partial charge on any atom is 0.319 e. The number of hydrogen-bond acceptors (Lipinski definition) is 8. The van der Waals surface area contributed by atoms with E-state index in [1.165, 1.54) is 23.8 Å². The van der Waals surface area contributed by atoms with E-state index >= 15 is 8.78 Å². The van der Waals surface area contributed by atoms with Crippen molar-refractivity contribution in [2.45, 2.75) is 56.8 Å². The van der Waals surface area contributed by atoms with Crippen molar-refractivity contribution in [1.29, 1.82) is 0 Å². The van der Waals surface area contributed by atoms with Crippen molar-refractivity contribution >= 4 is 27.5 Å². The van der Waals surface area contributed by atoms with E-state index in [2.05, 4.69) is 25.8 Å². The van der Waals surface area contributed by atoms with Crippen molar-refractivity contribution in [3.8, 4) is 23.0 Å². The molecule has 4 aromatic rings. The van der Waals surface area contributed by atoms with Gasteiger partial charge in [-0.25, -0.2) is 13.2 Å². The van der Waals surface area contributed by atoms with Crippen LogP contribution < -0.4 is 9.64 Å². The molecule has 3 saturated heterocycles. The first kappa shape index (κ1) is 28.3. The maximum atomic E-state index is 16.9. The third kappa shape index (κ3) is 4.38. The number of aromatic nitrogens is 3. The van der Waals surface area contributed by atoms with Gasteiger partial charge in [-0.3, -0.25) is 9.88 Å². The Bertz CT molecular complexity index is 1950. The molecule has 0 saturated carbocycles. The Kier molecular flexibility index (Phi) is 6.31. The average molecular weight is 630 g/mol. The molecule has 1 spiro atoms. The molecule has 6 aliphatic heterocycles. The number of phenols is 1. The van der Waals surface area contributed by atoms with Gasteiger partial charge in [0.05, 0.1) is 24.1 Å². The van der Waals surface area contributed by atoms with Crippen LogP contribution in [0.2, 0.25) is 0 Å². The number of anilines is 1. The molecule has 3 fully saturated rings. The Balaban J connectivity index is 1.24. The molecule has 8 nitrogen and oxygen atoms in total. The van der Waals surface area contributed by atoms with Crippen LogP contribution in [0.3, 0.4) is 0 Å². The van der Waals surface area contributed by atoms with Crippen LogP contribution in [-0.4, -0.2) is 76.1 Å². The highest BCUT2D eigenvalue weighted by molar-refractivity contribution is 6.01. The second-order valence-corrected chi connectivity index (χ2v) is 13.9. The van der Waals surface area contributed by atoms with Gasteiger partial charge in [0.15, 0.2) is 5.82 Å². The molecule has 2 aromatic carbocycles. The summed E-state index contributed by atoms with van der Waals surface area (Å²) >= 11 is 0. The number of halogens is 3. The Morgan fingerprint density at radius 1 is 1.09 bits per heavy atom. The lowest BCUT2D eigenvalue weighted by molar-refractivity contribution is 0.107. The predicted octanol–water partition coefficient (Wildman–Crippen LogP) is 6.23. The highest BCUT2D eigenvalue weighted by atomic mass is 19.1. The van der Waals surface area contributed by atoms with E-state index in [1.54, 1.807) is 12.3 Å². The van der Waals surface area contributed by atoms with Crippen molar-refractivity contribution in [2.75, 3.05) is 44.3 Å². The molecule has 0 amide bonds. The van der Waals surface area contributed by atoms with E-state index in [-0.39, 0.29) is 52.7 Å². The highest BCUT2D eigenvalue weighted by Crippen LogP contribution is 2.48. The number of nitrogens with zero attached hydrogens (tertiary/aromatic N) is 5. The summed E-state index contributed by atoms with van der Waals surface area (Å²) in [6, 6.07) is 5.86. The first-order valence-electron chi connectivity index (χ1n) is 16.2. The molecular weight excluding hydrogens is 595 g/mol. The molecule has 2 aromatic heterocycles. The van der Waals surface area contributed by atoms with Crippen molar-refractivity contribution in [2.24, 2.45) is 5.41 Å². The quantitative estimate of drug-likeness (QED) is 0.267. The van der Waals surface area contributed by atoms with Crippen molar-refractivity contribution in [3.63, 3.8) is 0 Å². The minimum atomic E-state index is -0.905. The normalized spacial score (nSPS) is 27.3. The van der Waals surface area contributed by atoms with E-state index in [9.17, 15) is 9.50 Å². The van der Waals surface area contributed by atoms with E-state index < -0.39 is 23.3 Å². The zero-order chi connectivity index (χ0) is 31.2. The van der Waals surface area contributed by atoms with Gasteiger partial charge in [0.25, 0.3) is 0 Å². The van der Waals surface area contributed by atoms with Gasteiger partial charge < -0.3 is 19.5 Å². The van der Waals surface area contributed by atoms with Gasteiger partial charge >= 0.3 is 6.01 Å². The Morgan fingerprint density at radius 3 is 2.85 bits per heavy atom. The molecule has 46 heavy (non-hydrogen) atoms. The molecule has 3 atom stereocenters. The lowest BCUT2D eigenvalue weighted by Gasteiger charge is -2.47. The third-order valence-electron chi connectivity index (χ3n) is 10.8. The van der Waals surface area contributed by atoms with E-state index in [0.717, 1.165) is 45.2 Å². The lowest BCUT2D eigenvalue weighted by Crippen LogP contribution is -2.46. The number of ether oxygens (including phenoxy) is 2. The molecule has 7 aliphatic rings. The Labute approximate surface area is 263 Å². The summed E-state index contributed by atoms with van der Waals surface area (Å²) in [6.07, 6.45) is 7.92. The number of phenolic OH excluding ortho intramolecular Hbond substituents is 1. The van der Waals surface area contributed by atoms with Gasteiger partial charge in [0, 0.05) is 48.8 Å². The van der Waals surface area contributed by atoms with Crippen LogP contribution in [0.5, 0.6) is 11.8 Å². The summed E-state index contributed by atoms with van der Waals surface area (Å²) in [5.74, 6) is -0.752. The van der Waals surface area contributed by atoms with E-state index in [0.29, 0.717) is 48.1 Å². The predicted molar refractivity (Wildman–Crippen MR) is 167 cm³/mol. The molecule has 2 unspecified atom stereocenters. The lowest BCUT2D eigenvalue weighted by atomic mass is 9.66. The van der Waals surface area contributed by atoms with Crippen LogP contribution in [0.1, 0.15) is 44.1 Å². The van der Waals surface area contributed by atoms with Crippen molar-refractivity contribution < 1.29 is 27.8 Å². The van der Waals surface area contributed by atoms with Gasteiger partial charge in [0.1, 0.15) is 41.4 Å². The number of alkyl halides is 1. The summed E-state index contributed by atoms with van der Waals surface area (Å²) in [7, 11) is 0. The first-order chi connectivity index (χ1) is 22.3. The number of hydrogen-bond donors (Lipinski definition) is 1. The summed E-state index contributed by atoms with van der Waals surface area (Å²) < 4.78 is 59.2. The monoisotopic (exact) mass is 629 g/mol. The first-order valence-corrected chi connectivity index (χ1v) is 16.2. The fourth-order valence-corrected chi connectivity index (χ4v) is 8.83. The molecule has 1 N–H and O–H groups in total. The molecule has 8 heterocycles. The van der Waals surface area contributed by atoms with Crippen molar-refractivity contribution in [1.82, 2.24) is 19.9 Å². The molecule has 7 bridgehead atoms. The van der Waals surface area contributed by atoms with Gasteiger partial charge in [-0.05, 0) is 73.2 Å². The van der Waals surface area contributed by atoms with Gasteiger partial charge in [-0.15, -0.1) is 0 Å². The van der Waals surface area contributed by atoms with Crippen LogP contribution >= 0.6 is 0 Å². The average Bonchev–Trinajstić information content (AvgIpc) is 3.55. The van der Waals surface area contributed by atoms with Crippen LogP contribution in [0.15, 0.2) is 42.1 Å². The maximum absolute atomic E-state index is 16.9. The number of piperidine rings is 1. The summed E-state index contributed by atoms with van der Waals surface area (Å²) in [5.41, 5.74) is 1.17. The summed E-state index contributed by atoms with van der Waals surface area (Å²) in [6.45, 7) is 3.22. The molecule has 238 valence electrons. The van der Waals surface area contributed by atoms with Gasteiger partial charge in [-0.1, -0.05) is 12.1 Å². The number of benzene rings is 2. The standard InChI is InChI=1S/C35H34F3N5O3/c36-22-13-35(6-2-8-43(35)15-22)19-46-33-40-31-25-14-39-30(29(31)38)24-10-23(44)9-21-3-4-27(37)26(28(21)24)17-45-16-20-11-34(12-20)5-1-7-42(18-34)32(25)41-33/h3-4,9-11,14,22,44H,1-2,5-8,12-13,15-19H2/t22-,34?,35?/m1/s1. The number of pyridine rings is 1. The fourth-order valence-electron chi connectivity index (χ4n) is 8.83. The SMILES string of the molecule is Oc1cc2c3c(c(F)ccc3c1)COCC1=CC3(CCCN(C3)c3nc(OCC45CCCN4C[C@H](F)C5)nc4c(F)c-2ncc34)C1.